The molecule has 8 heteroatoms. The Morgan fingerprint density at radius 1 is 0.971 bits per heavy atom. The van der Waals surface area contributed by atoms with E-state index < -0.39 is 0 Å². The molecule has 1 saturated heterocycles. The quantitative estimate of drug-likeness (QED) is 0.351. The summed E-state index contributed by atoms with van der Waals surface area (Å²) in [5, 5.41) is 4.27. The molecule has 0 radical (unpaired) electrons. The van der Waals surface area contributed by atoms with Crippen molar-refractivity contribution >= 4 is 22.4 Å². The fraction of sp³-hybridized carbons (Fsp3) is 0.370. The molecule has 5 rings (SSSR count). The topological polar surface area (TPSA) is 68.5 Å². The van der Waals surface area contributed by atoms with Crippen LogP contribution in [0.25, 0.3) is 22.3 Å². The third-order valence-corrected chi connectivity index (χ3v) is 6.57. The number of anilines is 2. The van der Waals surface area contributed by atoms with Gasteiger partial charge in [-0.25, -0.2) is 4.98 Å². The highest BCUT2D eigenvalue weighted by Crippen LogP contribution is 2.37. The van der Waals surface area contributed by atoms with Gasteiger partial charge in [0.25, 0.3) is 0 Å². The van der Waals surface area contributed by atoms with Crippen LogP contribution < -0.4 is 14.4 Å². The van der Waals surface area contributed by atoms with Gasteiger partial charge in [0.15, 0.2) is 0 Å². The van der Waals surface area contributed by atoms with E-state index in [9.17, 15) is 0 Å². The number of benzene rings is 2. The minimum Gasteiger partial charge on any atom is -0.497 e. The minimum atomic E-state index is 0.796. The molecule has 1 aliphatic heterocycles. The van der Waals surface area contributed by atoms with Crippen LogP contribution in [0.15, 0.2) is 55.0 Å². The molecule has 0 aliphatic carbocycles. The molecule has 2 aromatic heterocycles. The largest absolute Gasteiger partial charge is 0.497 e. The second kappa shape index (κ2) is 10.3. The van der Waals surface area contributed by atoms with E-state index in [1.165, 1.54) is 25.9 Å². The normalized spacial score (nSPS) is 13.9. The zero-order valence-electron chi connectivity index (χ0n) is 20.6. The lowest BCUT2D eigenvalue weighted by atomic mass is 10.1. The Kier molecular flexibility index (Phi) is 6.81. The van der Waals surface area contributed by atoms with E-state index in [2.05, 4.69) is 32.0 Å². The zero-order valence-corrected chi connectivity index (χ0v) is 20.6. The number of ether oxygens (including phenoxy) is 2. The first kappa shape index (κ1) is 23.1. The lowest BCUT2D eigenvalue weighted by Gasteiger charge is -2.28. The Hall–Kier alpha value is -3.65. The molecule has 0 bridgehead atoms. The summed E-state index contributed by atoms with van der Waals surface area (Å²) in [5.41, 5.74) is 5.48. The molecule has 1 fully saturated rings. The third kappa shape index (κ3) is 5.07. The average molecular weight is 473 g/mol. The zero-order chi connectivity index (χ0) is 24.2. The second-order valence-electron chi connectivity index (χ2n) is 8.92. The van der Waals surface area contributed by atoms with Crippen molar-refractivity contribution in [3.63, 3.8) is 0 Å². The second-order valence-corrected chi connectivity index (χ2v) is 8.92. The van der Waals surface area contributed by atoms with Gasteiger partial charge in [-0.1, -0.05) is 0 Å². The summed E-state index contributed by atoms with van der Waals surface area (Å²) in [6.45, 7) is 4.33. The van der Waals surface area contributed by atoms with Crippen LogP contribution in [0.1, 0.15) is 19.3 Å². The van der Waals surface area contributed by atoms with Crippen molar-refractivity contribution < 1.29 is 9.47 Å². The monoisotopic (exact) mass is 472 g/mol. The van der Waals surface area contributed by atoms with Crippen LogP contribution in [0, 0.1) is 0 Å². The maximum Gasteiger partial charge on any atom is 0.142 e. The summed E-state index contributed by atoms with van der Waals surface area (Å²) in [6, 6.07) is 12.2. The van der Waals surface area contributed by atoms with Gasteiger partial charge in [-0.3, -0.25) is 9.67 Å². The lowest BCUT2D eigenvalue weighted by Crippen LogP contribution is -2.26. The van der Waals surface area contributed by atoms with E-state index >= 15 is 0 Å². The van der Waals surface area contributed by atoms with Gasteiger partial charge in [0, 0.05) is 37.1 Å². The summed E-state index contributed by atoms with van der Waals surface area (Å²) in [4.78, 5) is 14.4. The smallest absolute Gasteiger partial charge is 0.142 e. The molecule has 182 valence electrons. The van der Waals surface area contributed by atoms with E-state index in [0.717, 1.165) is 64.7 Å². The summed E-state index contributed by atoms with van der Waals surface area (Å²) in [5.74, 6) is 1.60. The fourth-order valence-corrected chi connectivity index (χ4v) is 4.72. The molecule has 0 N–H and O–H groups in total. The molecule has 0 atom stereocenters. The Labute approximate surface area is 206 Å². The van der Waals surface area contributed by atoms with Gasteiger partial charge in [0.2, 0.25) is 0 Å². The number of hydrogen-bond donors (Lipinski definition) is 0. The number of likely N-dealkylation sites (tertiary alicyclic amines) is 1. The molecular weight excluding hydrogens is 440 g/mol. The number of aryl methyl sites for hydroxylation is 1. The molecule has 0 unspecified atom stereocenters. The number of methoxy groups -OCH3 is 2. The highest BCUT2D eigenvalue weighted by atomic mass is 16.5. The van der Waals surface area contributed by atoms with Crippen LogP contribution in [-0.2, 0) is 7.05 Å². The third-order valence-electron chi connectivity index (χ3n) is 6.57. The van der Waals surface area contributed by atoms with Gasteiger partial charge in [0.1, 0.15) is 11.5 Å². The first-order chi connectivity index (χ1) is 17.1. The van der Waals surface area contributed by atoms with Crippen molar-refractivity contribution in [3.8, 4) is 22.8 Å². The average Bonchev–Trinajstić information content (AvgIpc) is 3.57. The summed E-state index contributed by atoms with van der Waals surface area (Å²) in [6.07, 6.45) is 9.21. The summed E-state index contributed by atoms with van der Waals surface area (Å²) >= 11 is 0. The number of fused-ring (bicyclic) bond motifs is 1. The highest BCUT2D eigenvalue weighted by Gasteiger charge is 2.18. The van der Waals surface area contributed by atoms with Crippen molar-refractivity contribution in [3.05, 3.63) is 55.0 Å². The number of aromatic nitrogens is 4. The first-order valence-electron chi connectivity index (χ1n) is 12.1. The van der Waals surface area contributed by atoms with Crippen LogP contribution in [0.2, 0.25) is 0 Å². The van der Waals surface area contributed by atoms with E-state index in [-0.39, 0.29) is 0 Å². The molecule has 3 heterocycles. The van der Waals surface area contributed by atoms with Gasteiger partial charge in [-0.05, 0) is 69.2 Å². The van der Waals surface area contributed by atoms with Crippen molar-refractivity contribution in [2.24, 2.45) is 7.05 Å². The van der Waals surface area contributed by atoms with Gasteiger partial charge >= 0.3 is 0 Å². The molecule has 35 heavy (non-hydrogen) atoms. The Balaban J connectivity index is 1.52. The molecule has 4 aromatic rings. The summed E-state index contributed by atoms with van der Waals surface area (Å²) in [7, 11) is 5.30. The lowest BCUT2D eigenvalue weighted by molar-refractivity contribution is 0.335. The van der Waals surface area contributed by atoms with Crippen molar-refractivity contribution in [1.82, 2.24) is 24.6 Å². The van der Waals surface area contributed by atoms with Crippen molar-refractivity contribution in [1.29, 1.82) is 0 Å². The maximum atomic E-state index is 5.75. The van der Waals surface area contributed by atoms with Crippen LogP contribution in [0.3, 0.4) is 0 Å². The van der Waals surface area contributed by atoms with Gasteiger partial charge < -0.3 is 19.3 Å². The molecule has 0 spiro atoms. The molecule has 0 saturated carbocycles. The molecular formula is C27H32N6O2. The van der Waals surface area contributed by atoms with Gasteiger partial charge in [-0.2, -0.15) is 5.10 Å². The number of nitrogens with zero attached hydrogens (tertiary/aromatic N) is 6. The first-order valence-corrected chi connectivity index (χ1v) is 12.1. The van der Waals surface area contributed by atoms with E-state index in [1.807, 2.05) is 43.7 Å². The van der Waals surface area contributed by atoms with E-state index in [1.54, 1.807) is 25.1 Å². The Morgan fingerprint density at radius 3 is 2.57 bits per heavy atom. The van der Waals surface area contributed by atoms with Crippen LogP contribution in [0.4, 0.5) is 11.4 Å². The molecule has 0 amide bonds. The predicted molar refractivity (Wildman–Crippen MR) is 139 cm³/mol. The van der Waals surface area contributed by atoms with Crippen molar-refractivity contribution in [2.75, 3.05) is 45.3 Å². The SMILES string of the molecule is COc1ccc(OC)c(N(CCCN2CCCC2)c2ccc3ncc(-c4cnn(C)c4)nc3c2)c1. The standard InChI is InChI=1S/C27H32N6O2/c1-31-19-20(17-29-31)25-18-28-23-9-7-21(15-24(23)30-25)33(14-6-13-32-11-4-5-12-32)26-16-22(34-2)8-10-27(26)35-3/h7-10,15-19H,4-6,11-14H2,1-3H3. The van der Waals surface area contributed by atoms with Gasteiger partial charge in [-0.15, -0.1) is 0 Å². The van der Waals surface area contributed by atoms with Gasteiger partial charge in [0.05, 0.1) is 49.0 Å². The van der Waals surface area contributed by atoms with Crippen LogP contribution in [-0.4, -0.2) is 65.0 Å². The summed E-state index contributed by atoms with van der Waals surface area (Å²) < 4.78 is 13.1. The maximum absolute atomic E-state index is 5.75. The van der Waals surface area contributed by atoms with E-state index in [4.69, 9.17) is 14.5 Å². The minimum absolute atomic E-state index is 0.796. The van der Waals surface area contributed by atoms with E-state index in [0.29, 0.717) is 0 Å². The van der Waals surface area contributed by atoms with Crippen LogP contribution >= 0.6 is 0 Å². The Bertz CT molecular complexity index is 1300. The predicted octanol–water partition coefficient (Wildman–Crippen LogP) is 4.67. The molecule has 2 aromatic carbocycles. The van der Waals surface area contributed by atoms with Crippen LogP contribution in [0.5, 0.6) is 11.5 Å². The Morgan fingerprint density at radius 2 is 1.83 bits per heavy atom. The number of hydrogen-bond acceptors (Lipinski definition) is 7. The molecule has 1 aliphatic rings. The fourth-order valence-electron chi connectivity index (χ4n) is 4.72. The number of rotatable bonds is 9. The highest BCUT2D eigenvalue weighted by molar-refractivity contribution is 5.83. The molecule has 8 nitrogen and oxygen atoms in total. The van der Waals surface area contributed by atoms with Crippen molar-refractivity contribution in [2.45, 2.75) is 19.3 Å².